The minimum absolute atomic E-state index is 0.614. The number of thioether (sulfide) groups is 1. The predicted molar refractivity (Wildman–Crippen MR) is 102 cm³/mol. The predicted octanol–water partition coefficient (Wildman–Crippen LogP) is 4.87. The summed E-state index contributed by atoms with van der Waals surface area (Å²) in [5.74, 6) is -0.739. The van der Waals surface area contributed by atoms with E-state index in [-0.39, 0.29) is 0 Å². The summed E-state index contributed by atoms with van der Waals surface area (Å²) in [6, 6.07) is 17.5. The van der Waals surface area contributed by atoms with E-state index in [4.69, 9.17) is 5.26 Å². The molecule has 0 atom stereocenters. The molecule has 4 nitrogen and oxygen atoms in total. The van der Waals surface area contributed by atoms with Crippen molar-refractivity contribution >= 4 is 28.6 Å². The molecule has 1 aliphatic rings. The molecule has 1 heterocycles. The van der Waals surface area contributed by atoms with Gasteiger partial charge in [0.05, 0.1) is 17.1 Å². The zero-order chi connectivity index (χ0) is 18.1. The van der Waals surface area contributed by atoms with E-state index in [0.717, 1.165) is 33.3 Å². The number of pyridine rings is 1. The molecule has 1 saturated carbocycles. The lowest BCUT2D eigenvalue weighted by Crippen LogP contribution is -2.41. The molecule has 0 bridgehead atoms. The molecule has 4 rings (SSSR count). The number of hydrogen-bond acceptors (Lipinski definition) is 4. The van der Waals surface area contributed by atoms with Crippen LogP contribution in [-0.2, 0) is 4.79 Å². The van der Waals surface area contributed by atoms with E-state index in [1.165, 1.54) is 11.8 Å². The second-order valence-corrected chi connectivity index (χ2v) is 7.91. The summed E-state index contributed by atoms with van der Waals surface area (Å²) in [5, 5.41) is 19.7. The van der Waals surface area contributed by atoms with Crippen LogP contribution >= 0.6 is 11.8 Å². The monoisotopic (exact) mass is 360 g/mol. The number of fused-ring (bicyclic) bond motifs is 1. The number of carboxylic acids is 1. The summed E-state index contributed by atoms with van der Waals surface area (Å²) in [6.07, 6.45) is 4.07. The SMILES string of the molecule is N#Cc1cccc(-c2ccc3nccc(SC4(C(=O)O)CCC4)c3c2)c1. The van der Waals surface area contributed by atoms with Gasteiger partial charge in [0.2, 0.25) is 0 Å². The molecule has 3 aromatic rings. The summed E-state index contributed by atoms with van der Waals surface area (Å²) in [7, 11) is 0. The number of nitriles is 1. The van der Waals surface area contributed by atoms with E-state index in [1.807, 2.05) is 42.5 Å². The van der Waals surface area contributed by atoms with Crippen LogP contribution in [0.5, 0.6) is 0 Å². The molecule has 0 aliphatic heterocycles. The van der Waals surface area contributed by atoms with Crippen molar-refractivity contribution in [3.05, 3.63) is 60.3 Å². The summed E-state index contributed by atoms with van der Waals surface area (Å²) in [5.41, 5.74) is 3.41. The van der Waals surface area contributed by atoms with Crippen molar-refractivity contribution in [1.82, 2.24) is 4.98 Å². The quantitative estimate of drug-likeness (QED) is 0.718. The Hall–Kier alpha value is -2.84. The Labute approximate surface area is 155 Å². The van der Waals surface area contributed by atoms with Crippen molar-refractivity contribution < 1.29 is 9.90 Å². The van der Waals surface area contributed by atoms with Gasteiger partial charge in [0, 0.05) is 16.5 Å². The number of hydrogen-bond donors (Lipinski definition) is 1. The summed E-state index contributed by atoms with van der Waals surface area (Å²) < 4.78 is -0.717. The molecule has 1 aliphatic carbocycles. The zero-order valence-electron chi connectivity index (χ0n) is 14.0. The maximum atomic E-state index is 11.7. The molecule has 0 radical (unpaired) electrons. The molecule has 1 N–H and O–H groups in total. The topological polar surface area (TPSA) is 74.0 Å². The molecular weight excluding hydrogens is 344 g/mol. The minimum Gasteiger partial charge on any atom is -0.480 e. The van der Waals surface area contributed by atoms with Gasteiger partial charge >= 0.3 is 5.97 Å². The van der Waals surface area contributed by atoms with Gasteiger partial charge < -0.3 is 5.11 Å². The van der Waals surface area contributed by atoms with Gasteiger partial charge in [0.15, 0.2) is 0 Å². The first-order valence-electron chi connectivity index (χ1n) is 8.43. The van der Waals surface area contributed by atoms with E-state index in [0.29, 0.717) is 18.4 Å². The molecule has 2 aromatic carbocycles. The summed E-state index contributed by atoms with van der Waals surface area (Å²) >= 11 is 1.44. The van der Waals surface area contributed by atoms with Gasteiger partial charge in [-0.15, -0.1) is 11.8 Å². The molecule has 0 saturated heterocycles. The number of carboxylic acid groups (broad SMARTS) is 1. The van der Waals surface area contributed by atoms with Gasteiger partial charge in [-0.25, -0.2) is 0 Å². The maximum absolute atomic E-state index is 11.7. The van der Waals surface area contributed by atoms with Gasteiger partial charge in [-0.1, -0.05) is 18.2 Å². The molecular formula is C21H16N2O2S. The highest BCUT2D eigenvalue weighted by atomic mass is 32.2. The number of rotatable bonds is 4. The van der Waals surface area contributed by atoms with Gasteiger partial charge in [0.25, 0.3) is 0 Å². The standard InChI is InChI=1S/C21H16N2O2S/c22-13-14-3-1-4-15(11-14)16-5-6-18-17(12-16)19(7-10-23-18)26-21(20(24)25)8-2-9-21/h1,3-7,10-12H,2,8-9H2,(H,24,25). The van der Waals surface area contributed by atoms with E-state index in [9.17, 15) is 9.90 Å². The summed E-state index contributed by atoms with van der Waals surface area (Å²) in [6.45, 7) is 0. The number of carbonyl (C=O) groups is 1. The normalized spacial score (nSPS) is 15.2. The third-order valence-electron chi connectivity index (χ3n) is 4.88. The number of benzene rings is 2. The fraction of sp³-hybridized carbons (Fsp3) is 0.190. The average Bonchev–Trinajstić information content (AvgIpc) is 2.64. The van der Waals surface area contributed by atoms with E-state index in [2.05, 4.69) is 11.1 Å². The Kier molecular flexibility index (Phi) is 4.14. The van der Waals surface area contributed by atoms with Gasteiger partial charge in [-0.2, -0.15) is 5.26 Å². The third kappa shape index (κ3) is 2.83. The molecule has 0 unspecified atom stereocenters. The lowest BCUT2D eigenvalue weighted by Gasteiger charge is -2.37. The average molecular weight is 360 g/mol. The molecule has 1 fully saturated rings. The second-order valence-electron chi connectivity index (χ2n) is 6.49. The van der Waals surface area contributed by atoms with Crippen LogP contribution in [0.3, 0.4) is 0 Å². The Morgan fingerprint density at radius 1 is 1.15 bits per heavy atom. The molecule has 1 aromatic heterocycles. The first kappa shape index (κ1) is 16.6. The Morgan fingerprint density at radius 2 is 1.96 bits per heavy atom. The first-order valence-corrected chi connectivity index (χ1v) is 9.25. The highest BCUT2D eigenvalue weighted by molar-refractivity contribution is 8.01. The largest absolute Gasteiger partial charge is 0.480 e. The van der Waals surface area contributed by atoms with Crippen LogP contribution in [0.1, 0.15) is 24.8 Å². The smallest absolute Gasteiger partial charge is 0.320 e. The van der Waals surface area contributed by atoms with Crippen molar-refractivity contribution in [1.29, 1.82) is 5.26 Å². The maximum Gasteiger partial charge on any atom is 0.320 e. The van der Waals surface area contributed by atoms with Crippen LogP contribution < -0.4 is 0 Å². The Morgan fingerprint density at radius 3 is 2.65 bits per heavy atom. The van der Waals surface area contributed by atoms with E-state index in [1.54, 1.807) is 12.3 Å². The van der Waals surface area contributed by atoms with Crippen LogP contribution in [0.15, 0.2) is 59.6 Å². The van der Waals surface area contributed by atoms with Gasteiger partial charge in [0.1, 0.15) is 4.75 Å². The number of nitrogens with zero attached hydrogens (tertiary/aromatic N) is 2. The van der Waals surface area contributed by atoms with Crippen LogP contribution in [-0.4, -0.2) is 20.8 Å². The molecule has 5 heteroatoms. The molecule has 0 amide bonds. The molecule has 26 heavy (non-hydrogen) atoms. The van der Waals surface area contributed by atoms with Crippen molar-refractivity contribution in [2.45, 2.75) is 28.9 Å². The van der Waals surface area contributed by atoms with Crippen molar-refractivity contribution in [3.63, 3.8) is 0 Å². The second kappa shape index (κ2) is 6.47. The van der Waals surface area contributed by atoms with Crippen LogP contribution in [0.2, 0.25) is 0 Å². The number of aromatic nitrogens is 1. The van der Waals surface area contributed by atoms with Crippen LogP contribution in [0, 0.1) is 11.3 Å². The highest BCUT2D eigenvalue weighted by Gasteiger charge is 2.45. The fourth-order valence-electron chi connectivity index (χ4n) is 3.23. The van der Waals surface area contributed by atoms with Crippen molar-refractivity contribution in [2.75, 3.05) is 0 Å². The minimum atomic E-state index is -0.739. The van der Waals surface area contributed by atoms with Gasteiger partial charge in [-0.3, -0.25) is 9.78 Å². The molecule has 128 valence electrons. The summed E-state index contributed by atoms with van der Waals surface area (Å²) in [4.78, 5) is 17.1. The lowest BCUT2D eigenvalue weighted by atomic mass is 9.84. The van der Waals surface area contributed by atoms with E-state index < -0.39 is 10.7 Å². The highest BCUT2D eigenvalue weighted by Crippen LogP contribution is 2.49. The van der Waals surface area contributed by atoms with Gasteiger partial charge in [-0.05, 0) is 60.7 Å². The van der Waals surface area contributed by atoms with Crippen molar-refractivity contribution in [3.8, 4) is 17.2 Å². The van der Waals surface area contributed by atoms with Crippen LogP contribution in [0.25, 0.3) is 22.0 Å². The first-order chi connectivity index (χ1) is 12.6. The molecule has 0 spiro atoms. The number of aliphatic carboxylic acids is 1. The fourth-order valence-corrected chi connectivity index (χ4v) is 4.63. The zero-order valence-corrected chi connectivity index (χ0v) is 14.8. The third-order valence-corrected chi connectivity index (χ3v) is 6.43. The van der Waals surface area contributed by atoms with Crippen LogP contribution in [0.4, 0.5) is 0 Å². The lowest BCUT2D eigenvalue weighted by molar-refractivity contribution is -0.142. The van der Waals surface area contributed by atoms with E-state index >= 15 is 0 Å². The Bertz CT molecular complexity index is 1050. The Balaban J connectivity index is 1.80. The van der Waals surface area contributed by atoms with Crippen molar-refractivity contribution in [2.24, 2.45) is 0 Å².